The monoisotopic (exact) mass is 432 g/mol. The third-order valence-corrected chi connectivity index (χ3v) is 6.61. The fourth-order valence-electron chi connectivity index (χ4n) is 4.50. The summed E-state index contributed by atoms with van der Waals surface area (Å²) in [6, 6.07) is 8.77. The van der Waals surface area contributed by atoms with E-state index in [1.165, 1.54) is 94.7 Å². The van der Waals surface area contributed by atoms with Gasteiger partial charge in [-0.3, -0.25) is 4.48 Å². The molecule has 0 aromatic heterocycles. The number of nitrogens with zero attached hydrogens (tertiary/aromatic N) is 1. The number of benzene rings is 1. The normalized spacial score (nSPS) is 19.2. The minimum Gasteiger partial charge on any atom is -0.374 e. The lowest BCUT2D eigenvalue weighted by Gasteiger charge is -2.23. The molecule has 1 aromatic carbocycles. The van der Waals surface area contributed by atoms with E-state index in [1.54, 1.807) is 0 Å². The summed E-state index contributed by atoms with van der Waals surface area (Å²) in [6.07, 6.45) is 19.9. The van der Waals surface area contributed by atoms with Crippen molar-refractivity contribution in [1.29, 1.82) is 0 Å². The molecule has 0 spiro atoms. The SMILES string of the molecule is CCCCCCCCCCCCCC1CCC(COCc2ccc([N+](C)(C)C)cc2)O1. The molecule has 1 aliphatic rings. The highest BCUT2D eigenvalue weighted by Gasteiger charge is 2.24. The highest BCUT2D eigenvalue weighted by Crippen LogP contribution is 2.25. The van der Waals surface area contributed by atoms with Crippen LogP contribution in [-0.4, -0.2) is 40.0 Å². The molecule has 0 radical (unpaired) electrons. The average Bonchev–Trinajstić information content (AvgIpc) is 3.19. The van der Waals surface area contributed by atoms with E-state index in [2.05, 4.69) is 52.3 Å². The average molecular weight is 433 g/mol. The smallest absolute Gasteiger partial charge is 0.132 e. The molecule has 0 bridgehead atoms. The van der Waals surface area contributed by atoms with Gasteiger partial charge in [0.1, 0.15) is 5.69 Å². The highest BCUT2D eigenvalue weighted by molar-refractivity contribution is 5.42. The first-order chi connectivity index (χ1) is 15.0. The quantitative estimate of drug-likeness (QED) is 0.186. The van der Waals surface area contributed by atoms with Gasteiger partial charge in [0, 0.05) is 0 Å². The Labute approximate surface area is 193 Å². The summed E-state index contributed by atoms with van der Waals surface area (Å²) in [5.74, 6) is 0. The van der Waals surface area contributed by atoms with Crippen LogP contribution >= 0.6 is 0 Å². The van der Waals surface area contributed by atoms with Gasteiger partial charge in [0.15, 0.2) is 0 Å². The van der Waals surface area contributed by atoms with E-state index in [1.807, 2.05) is 0 Å². The molecular formula is C28H50NO2+. The fourth-order valence-corrected chi connectivity index (χ4v) is 4.50. The van der Waals surface area contributed by atoms with Crippen molar-refractivity contribution in [2.24, 2.45) is 0 Å². The molecule has 2 atom stereocenters. The minimum atomic E-state index is 0.295. The van der Waals surface area contributed by atoms with Crippen LogP contribution < -0.4 is 4.48 Å². The third-order valence-electron chi connectivity index (χ3n) is 6.61. The zero-order valence-electron chi connectivity index (χ0n) is 21.0. The molecule has 1 saturated heterocycles. The van der Waals surface area contributed by atoms with Crippen LogP contribution in [0, 0.1) is 0 Å². The van der Waals surface area contributed by atoms with Gasteiger partial charge in [-0.05, 0) is 37.0 Å². The van der Waals surface area contributed by atoms with E-state index in [-0.39, 0.29) is 0 Å². The van der Waals surface area contributed by atoms with Crippen molar-refractivity contribution in [3.63, 3.8) is 0 Å². The van der Waals surface area contributed by atoms with Gasteiger partial charge in [-0.25, -0.2) is 0 Å². The fraction of sp³-hybridized carbons (Fsp3) is 0.786. The molecule has 2 rings (SSSR count). The van der Waals surface area contributed by atoms with Gasteiger partial charge in [-0.1, -0.05) is 89.7 Å². The van der Waals surface area contributed by atoms with Crippen molar-refractivity contribution in [3.05, 3.63) is 29.8 Å². The Bertz CT molecular complexity index is 563. The summed E-state index contributed by atoms with van der Waals surface area (Å²) in [6.45, 7) is 3.70. The lowest BCUT2D eigenvalue weighted by molar-refractivity contribution is -0.0223. The topological polar surface area (TPSA) is 18.5 Å². The Morgan fingerprint density at radius 2 is 1.32 bits per heavy atom. The molecule has 0 amide bonds. The van der Waals surface area contributed by atoms with E-state index in [9.17, 15) is 0 Å². The van der Waals surface area contributed by atoms with E-state index in [0.29, 0.717) is 18.8 Å². The van der Waals surface area contributed by atoms with Crippen LogP contribution in [-0.2, 0) is 16.1 Å². The Morgan fingerprint density at radius 1 is 0.774 bits per heavy atom. The van der Waals surface area contributed by atoms with E-state index >= 15 is 0 Å². The standard InChI is InChI=1S/C28H50NO2/c1-5-6-7-8-9-10-11-12-13-14-15-16-27-21-22-28(31-27)24-30-23-25-17-19-26(20-18-25)29(2,3)4/h17-20,27-28H,5-16,21-24H2,1-4H3/q+1. The molecule has 31 heavy (non-hydrogen) atoms. The van der Waals surface area contributed by atoms with Crippen LogP contribution in [0.2, 0.25) is 0 Å². The molecule has 2 unspecified atom stereocenters. The van der Waals surface area contributed by atoms with Crippen LogP contribution in [0.15, 0.2) is 24.3 Å². The van der Waals surface area contributed by atoms with Crippen molar-refractivity contribution in [2.45, 2.75) is 116 Å². The summed E-state index contributed by atoms with van der Waals surface area (Å²) in [5.41, 5.74) is 2.56. The molecule has 1 aromatic rings. The lowest BCUT2D eigenvalue weighted by atomic mass is 10.0. The summed E-state index contributed by atoms with van der Waals surface area (Å²) in [4.78, 5) is 0. The van der Waals surface area contributed by atoms with Gasteiger partial charge >= 0.3 is 0 Å². The van der Waals surface area contributed by atoms with Gasteiger partial charge in [-0.2, -0.15) is 0 Å². The third kappa shape index (κ3) is 11.5. The molecule has 0 saturated carbocycles. The molecule has 0 aliphatic carbocycles. The van der Waals surface area contributed by atoms with Crippen molar-refractivity contribution < 1.29 is 9.47 Å². The predicted octanol–water partition coefficient (Wildman–Crippen LogP) is 7.65. The van der Waals surface area contributed by atoms with Crippen molar-refractivity contribution in [3.8, 4) is 0 Å². The maximum Gasteiger partial charge on any atom is 0.132 e. The Hall–Kier alpha value is -0.900. The second-order valence-electron chi connectivity index (χ2n) is 10.5. The minimum absolute atomic E-state index is 0.295. The van der Waals surface area contributed by atoms with Crippen LogP contribution in [0.25, 0.3) is 0 Å². The maximum absolute atomic E-state index is 6.23. The number of unbranched alkanes of at least 4 members (excludes halogenated alkanes) is 10. The number of hydrogen-bond donors (Lipinski definition) is 0. The van der Waals surface area contributed by atoms with Gasteiger partial charge in [0.2, 0.25) is 0 Å². The number of rotatable bonds is 17. The van der Waals surface area contributed by atoms with Gasteiger partial charge < -0.3 is 9.47 Å². The molecule has 1 heterocycles. The van der Waals surface area contributed by atoms with Crippen molar-refractivity contribution in [2.75, 3.05) is 27.7 Å². The van der Waals surface area contributed by atoms with Gasteiger partial charge in [-0.15, -0.1) is 0 Å². The second-order valence-corrected chi connectivity index (χ2v) is 10.5. The first-order valence-corrected chi connectivity index (χ1v) is 13.1. The first kappa shape index (κ1) is 26.4. The summed E-state index contributed by atoms with van der Waals surface area (Å²) < 4.78 is 13.0. The van der Waals surface area contributed by atoms with E-state index in [4.69, 9.17) is 9.47 Å². The van der Waals surface area contributed by atoms with E-state index < -0.39 is 0 Å². The van der Waals surface area contributed by atoms with E-state index in [0.717, 1.165) is 17.5 Å². The second kappa shape index (κ2) is 15.0. The summed E-state index contributed by atoms with van der Waals surface area (Å²) in [5, 5.41) is 0. The molecule has 0 N–H and O–H groups in total. The van der Waals surface area contributed by atoms with Gasteiger partial charge in [0.25, 0.3) is 0 Å². The Balaban J connectivity index is 1.44. The summed E-state index contributed by atoms with van der Waals surface area (Å²) in [7, 11) is 6.57. The zero-order valence-corrected chi connectivity index (χ0v) is 21.0. The lowest BCUT2D eigenvalue weighted by Crippen LogP contribution is -2.34. The molecule has 178 valence electrons. The number of hydrogen-bond acceptors (Lipinski definition) is 2. The maximum atomic E-state index is 6.23. The molecule has 1 fully saturated rings. The largest absolute Gasteiger partial charge is 0.374 e. The van der Waals surface area contributed by atoms with Gasteiger partial charge in [0.05, 0.1) is 46.6 Å². The predicted molar refractivity (Wildman–Crippen MR) is 135 cm³/mol. The number of ether oxygens (including phenoxy) is 2. The zero-order chi connectivity index (χ0) is 22.4. The Kier molecular flexibility index (Phi) is 12.8. The van der Waals surface area contributed by atoms with Crippen molar-refractivity contribution >= 4 is 5.69 Å². The van der Waals surface area contributed by atoms with Crippen LogP contribution in [0.1, 0.15) is 102 Å². The van der Waals surface area contributed by atoms with Crippen LogP contribution in [0.4, 0.5) is 5.69 Å². The molecular weight excluding hydrogens is 382 g/mol. The Morgan fingerprint density at radius 3 is 1.90 bits per heavy atom. The first-order valence-electron chi connectivity index (χ1n) is 13.1. The van der Waals surface area contributed by atoms with Crippen LogP contribution in [0.3, 0.4) is 0 Å². The highest BCUT2D eigenvalue weighted by atomic mass is 16.5. The number of quaternary nitrogens is 1. The molecule has 1 aliphatic heterocycles. The van der Waals surface area contributed by atoms with Crippen LogP contribution in [0.5, 0.6) is 0 Å². The van der Waals surface area contributed by atoms with Crippen molar-refractivity contribution in [1.82, 2.24) is 4.48 Å². The molecule has 3 nitrogen and oxygen atoms in total. The summed E-state index contributed by atoms with van der Waals surface area (Å²) >= 11 is 0. The molecule has 3 heteroatoms.